The van der Waals surface area contributed by atoms with E-state index in [0.717, 1.165) is 23.2 Å². The highest BCUT2D eigenvalue weighted by Gasteiger charge is 2.21. The highest BCUT2D eigenvalue weighted by Crippen LogP contribution is 2.26. The fraction of sp³-hybridized carbons (Fsp3) is 0.500. The van der Waals surface area contributed by atoms with Crippen LogP contribution >= 0.6 is 22.7 Å². The number of aromatic nitrogens is 1. The van der Waals surface area contributed by atoms with Crippen molar-refractivity contribution in [3.8, 4) is 0 Å². The molecule has 6 heteroatoms. The van der Waals surface area contributed by atoms with E-state index in [9.17, 15) is 0 Å². The molecule has 0 aliphatic rings. The van der Waals surface area contributed by atoms with Crippen molar-refractivity contribution < 1.29 is 0 Å². The number of guanidine groups is 1. The van der Waals surface area contributed by atoms with E-state index in [1.807, 2.05) is 6.92 Å². The third kappa shape index (κ3) is 4.30. The largest absolute Gasteiger partial charge is 0.356 e. The van der Waals surface area contributed by atoms with Crippen LogP contribution in [0.3, 0.4) is 0 Å². The van der Waals surface area contributed by atoms with Crippen LogP contribution in [0.4, 0.5) is 0 Å². The number of hydrogen-bond donors (Lipinski definition) is 2. The average Bonchev–Trinajstić information content (AvgIpc) is 3.10. The molecule has 0 aliphatic heterocycles. The summed E-state index contributed by atoms with van der Waals surface area (Å²) in [7, 11) is 1.80. The molecule has 0 unspecified atom stereocenters. The van der Waals surface area contributed by atoms with Crippen LogP contribution in [0.1, 0.15) is 34.3 Å². The summed E-state index contributed by atoms with van der Waals surface area (Å²) >= 11 is 3.53. The van der Waals surface area contributed by atoms with Gasteiger partial charge < -0.3 is 10.6 Å². The molecule has 22 heavy (non-hydrogen) atoms. The molecule has 0 bridgehead atoms. The molecule has 0 amide bonds. The number of rotatable bonds is 5. The van der Waals surface area contributed by atoms with E-state index in [1.165, 1.54) is 9.75 Å². The second-order valence-electron chi connectivity index (χ2n) is 5.89. The van der Waals surface area contributed by atoms with Crippen molar-refractivity contribution in [1.29, 1.82) is 0 Å². The number of thiazole rings is 1. The molecule has 0 fully saturated rings. The fourth-order valence-electron chi connectivity index (χ4n) is 2.05. The van der Waals surface area contributed by atoms with Gasteiger partial charge in [0.1, 0.15) is 5.01 Å². The van der Waals surface area contributed by atoms with Gasteiger partial charge in [-0.3, -0.25) is 4.99 Å². The lowest BCUT2D eigenvalue weighted by Gasteiger charge is -2.24. The first-order valence-electron chi connectivity index (χ1n) is 7.34. The zero-order chi connectivity index (χ0) is 16.2. The second-order valence-corrected chi connectivity index (χ2v) is 8.13. The molecule has 0 aliphatic carbocycles. The Balaban J connectivity index is 1.87. The van der Waals surface area contributed by atoms with Gasteiger partial charge in [-0.15, -0.1) is 22.7 Å². The monoisotopic (exact) mass is 336 g/mol. The number of aryl methyl sites for hydroxylation is 2. The van der Waals surface area contributed by atoms with Crippen LogP contribution in [-0.2, 0) is 12.0 Å². The molecular weight excluding hydrogens is 312 g/mol. The molecule has 2 rings (SSSR count). The summed E-state index contributed by atoms with van der Waals surface area (Å²) in [6.45, 7) is 10.2. The second kappa shape index (κ2) is 7.24. The van der Waals surface area contributed by atoms with Gasteiger partial charge >= 0.3 is 0 Å². The third-order valence-corrected chi connectivity index (χ3v) is 5.90. The summed E-state index contributed by atoms with van der Waals surface area (Å²) in [6.07, 6.45) is 0. The zero-order valence-electron chi connectivity index (χ0n) is 13.9. The Kier molecular flexibility index (Phi) is 5.58. The number of thiophene rings is 1. The lowest BCUT2D eigenvalue weighted by atomic mass is 9.91. The number of nitrogens with one attached hydrogen (secondary N) is 2. The van der Waals surface area contributed by atoms with E-state index in [2.05, 4.69) is 58.9 Å². The Bertz CT molecular complexity index is 607. The molecule has 2 aromatic rings. The number of aliphatic imine (C=N–C) groups is 1. The molecule has 0 saturated heterocycles. The van der Waals surface area contributed by atoms with E-state index < -0.39 is 0 Å². The minimum atomic E-state index is 0.0835. The van der Waals surface area contributed by atoms with Gasteiger partial charge in [0, 0.05) is 28.8 Å². The Labute approximate surface area is 140 Å². The smallest absolute Gasteiger partial charge is 0.191 e. The lowest BCUT2D eigenvalue weighted by molar-refractivity contribution is 0.518. The Morgan fingerprint density at radius 1 is 1.32 bits per heavy atom. The van der Waals surface area contributed by atoms with Crippen LogP contribution in [0.5, 0.6) is 0 Å². The first-order chi connectivity index (χ1) is 10.4. The maximum Gasteiger partial charge on any atom is 0.191 e. The number of hydrogen-bond acceptors (Lipinski definition) is 4. The Morgan fingerprint density at radius 3 is 2.64 bits per heavy atom. The van der Waals surface area contributed by atoms with Crippen molar-refractivity contribution in [3.63, 3.8) is 0 Å². The lowest BCUT2D eigenvalue weighted by Crippen LogP contribution is -2.42. The van der Waals surface area contributed by atoms with Crippen LogP contribution in [0.2, 0.25) is 0 Å². The molecule has 120 valence electrons. The van der Waals surface area contributed by atoms with E-state index in [-0.39, 0.29) is 5.41 Å². The summed E-state index contributed by atoms with van der Waals surface area (Å²) < 4.78 is 0. The molecule has 0 saturated carbocycles. The topological polar surface area (TPSA) is 49.3 Å². The van der Waals surface area contributed by atoms with Crippen LogP contribution in [0, 0.1) is 13.8 Å². The normalized spacial score (nSPS) is 12.5. The molecule has 2 N–H and O–H groups in total. The van der Waals surface area contributed by atoms with Crippen molar-refractivity contribution in [1.82, 2.24) is 15.6 Å². The fourth-order valence-corrected chi connectivity index (χ4v) is 3.78. The summed E-state index contributed by atoms with van der Waals surface area (Å²) in [6, 6.07) is 4.28. The van der Waals surface area contributed by atoms with Gasteiger partial charge in [0.2, 0.25) is 0 Å². The van der Waals surface area contributed by atoms with Crippen LogP contribution in [-0.4, -0.2) is 24.5 Å². The third-order valence-electron chi connectivity index (χ3n) is 3.59. The van der Waals surface area contributed by atoms with Crippen LogP contribution in [0.25, 0.3) is 0 Å². The molecule has 2 aromatic heterocycles. The Morgan fingerprint density at radius 2 is 2.09 bits per heavy atom. The van der Waals surface area contributed by atoms with Gasteiger partial charge in [0.05, 0.1) is 12.2 Å². The average molecular weight is 337 g/mol. The van der Waals surface area contributed by atoms with Gasteiger partial charge in [-0.2, -0.15) is 0 Å². The summed E-state index contributed by atoms with van der Waals surface area (Å²) in [5, 5.41) is 9.96. The van der Waals surface area contributed by atoms with E-state index in [1.54, 1.807) is 29.7 Å². The minimum Gasteiger partial charge on any atom is -0.356 e. The highest BCUT2D eigenvalue weighted by molar-refractivity contribution is 7.11. The van der Waals surface area contributed by atoms with Gasteiger partial charge in [-0.05, 0) is 25.3 Å². The molecular formula is C16H24N4S2. The van der Waals surface area contributed by atoms with E-state index in [0.29, 0.717) is 6.54 Å². The van der Waals surface area contributed by atoms with Gasteiger partial charge in [-0.1, -0.05) is 19.9 Å². The molecule has 0 spiro atoms. The van der Waals surface area contributed by atoms with Gasteiger partial charge in [0.15, 0.2) is 5.96 Å². The summed E-state index contributed by atoms with van der Waals surface area (Å²) in [4.78, 5) is 11.5. The molecule has 0 radical (unpaired) electrons. The number of nitrogens with zero attached hydrogens (tertiary/aromatic N) is 2. The maximum atomic E-state index is 4.54. The first-order valence-corrected chi connectivity index (χ1v) is 9.03. The minimum absolute atomic E-state index is 0.0835. The van der Waals surface area contributed by atoms with Crippen molar-refractivity contribution in [2.75, 3.05) is 13.6 Å². The Hall–Kier alpha value is -1.40. The molecule has 4 nitrogen and oxygen atoms in total. The quantitative estimate of drug-likeness (QED) is 0.649. The van der Waals surface area contributed by atoms with Crippen molar-refractivity contribution in [3.05, 3.63) is 38.0 Å². The van der Waals surface area contributed by atoms with Crippen molar-refractivity contribution >= 4 is 28.6 Å². The summed E-state index contributed by atoms with van der Waals surface area (Å²) in [5.41, 5.74) is 1.20. The van der Waals surface area contributed by atoms with Crippen LogP contribution in [0.15, 0.2) is 22.5 Å². The predicted octanol–water partition coefficient (Wildman–Crippen LogP) is 3.46. The van der Waals surface area contributed by atoms with E-state index >= 15 is 0 Å². The van der Waals surface area contributed by atoms with Gasteiger partial charge in [0.25, 0.3) is 0 Å². The SMILES string of the molecule is CN=C(NCc1nc(C)c(C)s1)NCC(C)(C)c1cccs1. The first kappa shape index (κ1) is 17.0. The predicted molar refractivity (Wildman–Crippen MR) is 97.1 cm³/mol. The standard InChI is InChI=1S/C16H24N4S2/c1-11-12(2)22-14(20-11)9-18-15(17-5)19-10-16(3,4)13-7-6-8-21-13/h6-8H,9-10H2,1-5H3,(H2,17,18,19). The molecule has 0 atom stereocenters. The molecule has 0 aromatic carbocycles. The molecule has 2 heterocycles. The van der Waals surface area contributed by atoms with Crippen molar-refractivity contribution in [2.24, 2.45) is 4.99 Å². The van der Waals surface area contributed by atoms with Crippen LogP contribution < -0.4 is 10.6 Å². The maximum absolute atomic E-state index is 4.54. The summed E-state index contributed by atoms with van der Waals surface area (Å²) in [5.74, 6) is 0.815. The zero-order valence-corrected chi connectivity index (χ0v) is 15.5. The van der Waals surface area contributed by atoms with Crippen molar-refractivity contribution in [2.45, 2.75) is 39.7 Å². The highest BCUT2D eigenvalue weighted by atomic mass is 32.1. The van der Waals surface area contributed by atoms with Gasteiger partial charge in [-0.25, -0.2) is 4.98 Å². The van der Waals surface area contributed by atoms with E-state index in [4.69, 9.17) is 0 Å².